The van der Waals surface area contributed by atoms with E-state index in [4.69, 9.17) is 0 Å². The third-order valence-electron chi connectivity index (χ3n) is 5.88. The summed E-state index contributed by atoms with van der Waals surface area (Å²) in [6, 6.07) is 11.5. The summed E-state index contributed by atoms with van der Waals surface area (Å²) in [6.07, 6.45) is 5.51. The Balaban J connectivity index is 1.76. The first-order valence-electron chi connectivity index (χ1n) is 8.59. The summed E-state index contributed by atoms with van der Waals surface area (Å²) in [6.45, 7) is 4.53. The van der Waals surface area contributed by atoms with Crippen molar-refractivity contribution in [3.8, 4) is 0 Å². The number of hydrogen-bond acceptors (Lipinski definition) is 2. The number of benzene rings is 1. The van der Waals surface area contributed by atoms with Crippen molar-refractivity contribution in [3.63, 3.8) is 0 Å². The summed E-state index contributed by atoms with van der Waals surface area (Å²) in [5.74, 6) is 1.40. The van der Waals surface area contributed by atoms with Crippen LogP contribution in [0.15, 0.2) is 24.3 Å². The molecule has 1 aromatic rings. The highest BCUT2D eigenvalue weighted by Gasteiger charge is 2.40. The number of fused-ring (bicyclic) bond motifs is 2. The van der Waals surface area contributed by atoms with E-state index in [1.165, 1.54) is 36.8 Å². The van der Waals surface area contributed by atoms with Crippen LogP contribution in [0.4, 0.5) is 0 Å². The van der Waals surface area contributed by atoms with Crippen molar-refractivity contribution >= 4 is 0 Å². The van der Waals surface area contributed by atoms with Crippen LogP contribution in [0.2, 0.25) is 0 Å². The first-order valence-corrected chi connectivity index (χ1v) is 8.59. The molecule has 0 saturated carbocycles. The predicted molar refractivity (Wildman–Crippen MR) is 89.6 cm³/mol. The number of hydrogen-bond donors (Lipinski definition) is 1. The van der Waals surface area contributed by atoms with Crippen LogP contribution < -0.4 is 5.32 Å². The van der Waals surface area contributed by atoms with Crippen molar-refractivity contribution in [2.75, 3.05) is 14.1 Å². The SMILES string of the molecule is CNC(c1ccc(C(C)C)cc1)C1CC2CCC(C1)N2C. The van der Waals surface area contributed by atoms with Crippen LogP contribution in [-0.4, -0.2) is 31.1 Å². The second-order valence-electron chi connectivity index (χ2n) is 7.37. The molecule has 0 radical (unpaired) electrons. The average Bonchev–Trinajstić information content (AvgIpc) is 2.71. The van der Waals surface area contributed by atoms with E-state index in [0.717, 1.165) is 18.0 Å². The highest BCUT2D eigenvalue weighted by molar-refractivity contribution is 5.27. The van der Waals surface area contributed by atoms with Crippen LogP contribution in [0.5, 0.6) is 0 Å². The topological polar surface area (TPSA) is 15.3 Å². The van der Waals surface area contributed by atoms with E-state index < -0.39 is 0 Å². The molecular formula is C19H30N2. The van der Waals surface area contributed by atoms with E-state index in [1.807, 2.05) is 0 Å². The molecule has 2 aliphatic heterocycles. The quantitative estimate of drug-likeness (QED) is 0.902. The molecule has 0 aromatic heterocycles. The molecule has 21 heavy (non-hydrogen) atoms. The normalized spacial score (nSPS) is 30.8. The lowest BCUT2D eigenvalue weighted by atomic mass is 9.82. The van der Waals surface area contributed by atoms with Gasteiger partial charge in [0.1, 0.15) is 0 Å². The molecule has 0 spiro atoms. The Morgan fingerprint density at radius 3 is 2.00 bits per heavy atom. The third kappa shape index (κ3) is 2.89. The van der Waals surface area contributed by atoms with Gasteiger partial charge in [0.05, 0.1) is 0 Å². The van der Waals surface area contributed by atoms with Crippen LogP contribution in [-0.2, 0) is 0 Å². The third-order valence-corrected chi connectivity index (χ3v) is 5.88. The summed E-state index contributed by atoms with van der Waals surface area (Å²) >= 11 is 0. The van der Waals surface area contributed by atoms with Gasteiger partial charge in [-0.05, 0) is 62.7 Å². The second kappa shape index (κ2) is 6.10. The molecule has 116 valence electrons. The predicted octanol–water partition coefficient (Wildman–Crippen LogP) is 3.94. The van der Waals surface area contributed by atoms with Crippen molar-refractivity contribution < 1.29 is 0 Å². The monoisotopic (exact) mass is 286 g/mol. The van der Waals surface area contributed by atoms with E-state index in [9.17, 15) is 0 Å². The van der Waals surface area contributed by atoms with Gasteiger partial charge in [0.25, 0.3) is 0 Å². The minimum Gasteiger partial charge on any atom is -0.313 e. The van der Waals surface area contributed by atoms with E-state index in [-0.39, 0.29) is 0 Å². The maximum Gasteiger partial charge on any atom is 0.0347 e. The first-order chi connectivity index (χ1) is 10.1. The minimum absolute atomic E-state index is 0.517. The molecule has 3 unspecified atom stereocenters. The molecule has 2 bridgehead atoms. The lowest BCUT2D eigenvalue weighted by molar-refractivity contribution is 0.114. The molecule has 2 saturated heterocycles. The van der Waals surface area contributed by atoms with E-state index in [1.54, 1.807) is 0 Å². The highest BCUT2D eigenvalue weighted by atomic mass is 15.2. The maximum absolute atomic E-state index is 3.60. The molecule has 1 N–H and O–H groups in total. The van der Waals surface area contributed by atoms with Gasteiger partial charge in [-0.3, -0.25) is 0 Å². The van der Waals surface area contributed by atoms with Gasteiger partial charge in [0, 0.05) is 18.1 Å². The largest absolute Gasteiger partial charge is 0.313 e. The fraction of sp³-hybridized carbons (Fsp3) is 0.684. The van der Waals surface area contributed by atoms with Gasteiger partial charge >= 0.3 is 0 Å². The molecular weight excluding hydrogens is 256 g/mol. The van der Waals surface area contributed by atoms with Crippen molar-refractivity contribution in [3.05, 3.63) is 35.4 Å². The van der Waals surface area contributed by atoms with Gasteiger partial charge in [0.2, 0.25) is 0 Å². The molecule has 2 fully saturated rings. The van der Waals surface area contributed by atoms with Crippen molar-refractivity contribution in [2.24, 2.45) is 5.92 Å². The molecule has 2 aliphatic rings. The average molecular weight is 286 g/mol. The van der Waals surface area contributed by atoms with E-state index in [2.05, 4.69) is 62.4 Å². The number of piperidine rings is 1. The zero-order valence-electron chi connectivity index (χ0n) is 14.0. The Morgan fingerprint density at radius 2 is 1.52 bits per heavy atom. The molecule has 2 heteroatoms. The maximum atomic E-state index is 3.60. The Morgan fingerprint density at radius 1 is 1.00 bits per heavy atom. The highest BCUT2D eigenvalue weighted by Crippen LogP contribution is 2.42. The number of nitrogens with one attached hydrogen (secondary N) is 1. The zero-order chi connectivity index (χ0) is 15.0. The van der Waals surface area contributed by atoms with Crippen LogP contribution in [0.1, 0.15) is 62.6 Å². The van der Waals surface area contributed by atoms with Crippen LogP contribution in [0.25, 0.3) is 0 Å². The Bertz CT molecular complexity index is 451. The smallest absolute Gasteiger partial charge is 0.0347 e. The molecule has 0 amide bonds. The molecule has 3 rings (SSSR count). The van der Waals surface area contributed by atoms with Gasteiger partial charge in [-0.25, -0.2) is 0 Å². The lowest BCUT2D eigenvalue weighted by Crippen LogP contribution is -2.43. The van der Waals surface area contributed by atoms with Gasteiger partial charge in [0.15, 0.2) is 0 Å². The van der Waals surface area contributed by atoms with Crippen LogP contribution >= 0.6 is 0 Å². The number of rotatable bonds is 4. The molecule has 3 atom stereocenters. The number of nitrogens with zero attached hydrogens (tertiary/aromatic N) is 1. The van der Waals surface area contributed by atoms with Gasteiger partial charge in [-0.15, -0.1) is 0 Å². The summed E-state index contributed by atoms with van der Waals surface area (Å²) in [5.41, 5.74) is 2.91. The van der Waals surface area contributed by atoms with Gasteiger partial charge in [-0.1, -0.05) is 38.1 Å². The summed E-state index contributed by atoms with van der Waals surface area (Å²) < 4.78 is 0. The lowest BCUT2D eigenvalue weighted by Gasteiger charge is -2.40. The van der Waals surface area contributed by atoms with E-state index >= 15 is 0 Å². The second-order valence-corrected chi connectivity index (χ2v) is 7.37. The summed E-state index contributed by atoms with van der Waals surface area (Å²) in [5, 5.41) is 3.60. The van der Waals surface area contributed by atoms with Gasteiger partial charge < -0.3 is 10.2 Å². The Kier molecular flexibility index (Phi) is 4.37. The zero-order valence-corrected chi connectivity index (χ0v) is 14.0. The van der Waals surface area contributed by atoms with Crippen LogP contribution in [0, 0.1) is 5.92 Å². The first kappa shape index (κ1) is 15.1. The van der Waals surface area contributed by atoms with Crippen molar-refractivity contribution in [1.82, 2.24) is 10.2 Å². The minimum atomic E-state index is 0.517. The fourth-order valence-corrected chi connectivity index (χ4v) is 4.49. The van der Waals surface area contributed by atoms with E-state index in [0.29, 0.717) is 12.0 Å². The standard InChI is InChI=1S/C19H30N2/c1-13(2)14-5-7-15(8-6-14)19(20-3)16-11-17-9-10-18(12-16)21(17)4/h5-8,13,16-20H,9-12H2,1-4H3. The van der Waals surface area contributed by atoms with Crippen molar-refractivity contribution in [2.45, 2.75) is 63.6 Å². The Hall–Kier alpha value is -0.860. The molecule has 0 aliphatic carbocycles. The molecule has 2 nitrogen and oxygen atoms in total. The summed E-state index contributed by atoms with van der Waals surface area (Å²) in [7, 11) is 4.45. The van der Waals surface area contributed by atoms with Gasteiger partial charge in [-0.2, -0.15) is 0 Å². The Labute approximate surface area is 129 Å². The van der Waals surface area contributed by atoms with Crippen LogP contribution in [0.3, 0.4) is 0 Å². The molecule has 2 heterocycles. The fourth-order valence-electron chi connectivity index (χ4n) is 4.49. The summed E-state index contributed by atoms with van der Waals surface area (Å²) in [4.78, 5) is 2.63. The van der Waals surface area contributed by atoms with Crippen molar-refractivity contribution in [1.29, 1.82) is 0 Å². The molecule has 1 aromatic carbocycles.